The molecule has 0 bridgehead atoms. The molecular formula is C9H12O3. The van der Waals surface area contributed by atoms with Crippen molar-refractivity contribution in [2.24, 2.45) is 11.8 Å². The van der Waals surface area contributed by atoms with E-state index in [2.05, 4.69) is 6.58 Å². The van der Waals surface area contributed by atoms with Crippen LogP contribution in [0.1, 0.15) is 6.42 Å². The van der Waals surface area contributed by atoms with E-state index < -0.39 is 12.2 Å². The van der Waals surface area contributed by atoms with E-state index in [9.17, 15) is 15.0 Å². The minimum Gasteiger partial charge on any atom is -0.390 e. The molecular weight excluding hydrogens is 156 g/mol. The van der Waals surface area contributed by atoms with Crippen molar-refractivity contribution in [1.82, 2.24) is 0 Å². The van der Waals surface area contributed by atoms with Crippen molar-refractivity contribution in [3.05, 3.63) is 18.7 Å². The van der Waals surface area contributed by atoms with E-state index in [4.69, 9.17) is 0 Å². The van der Waals surface area contributed by atoms with Crippen molar-refractivity contribution in [1.29, 1.82) is 0 Å². The summed E-state index contributed by atoms with van der Waals surface area (Å²) in [6, 6.07) is 0. The van der Waals surface area contributed by atoms with Crippen LogP contribution in [0.3, 0.4) is 0 Å². The molecule has 2 N–H and O–H groups in total. The Kier molecular flexibility index (Phi) is 2.82. The minimum absolute atomic E-state index is 0.116. The fourth-order valence-corrected chi connectivity index (χ4v) is 1.59. The topological polar surface area (TPSA) is 57.5 Å². The number of rotatable bonds is 2. The summed E-state index contributed by atoms with van der Waals surface area (Å²) < 4.78 is 0. The van der Waals surface area contributed by atoms with Gasteiger partial charge in [-0.2, -0.15) is 0 Å². The lowest BCUT2D eigenvalue weighted by Gasteiger charge is -2.12. The van der Waals surface area contributed by atoms with Gasteiger partial charge in [0.05, 0.1) is 12.2 Å². The molecule has 0 aromatic heterocycles. The molecule has 0 aliphatic heterocycles. The molecule has 0 aromatic carbocycles. The summed E-state index contributed by atoms with van der Waals surface area (Å²) in [6.07, 6.45) is 1.79. The number of carbonyl (C=O) groups excluding carboxylic acids is 1. The maximum atomic E-state index is 10.0. The zero-order valence-electron chi connectivity index (χ0n) is 6.68. The lowest BCUT2D eigenvalue weighted by Crippen LogP contribution is -2.26. The highest BCUT2D eigenvalue weighted by molar-refractivity contribution is 5.46. The van der Waals surface area contributed by atoms with Gasteiger partial charge in [-0.05, 0) is 6.42 Å². The summed E-state index contributed by atoms with van der Waals surface area (Å²) in [4.78, 5) is 10.0. The van der Waals surface area contributed by atoms with Crippen LogP contribution in [0.2, 0.25) is 0 Å². The smallest absolute Gasteiger partial charge is 0.120 e. The third-order valence-electron chi connectivity index (χ3n) is 2.36. The summed E-state index contributed by atoms with van der Waals surface area (Å²) in [5.74, 6) is 1.23. The average Bonchev–Trinajstić information content (AvgIpc) is 2.33. The Morgan fingerprint density at radius 1 is 1.33 bits per heavy atom. The van der Waals surface area contributed by atoms with Crippen LogP contribution in [0.25, 0.3) is 0 Å². The molecule has 1 rings (SSSR count). The van der Waals surface area contributed by atoms with Crippen molar-refractivity contribution < 1.29 is 15.0 Å². The molecule has 0 amide bonds. The second-order valence-electron chi connectivity index (χ2n) is 3.06. The third kappa shape index (κ3) is 1.48. The predicted molar refractivity (Wildman–Crippen MR) is 44.1 cm³/mol. The Bertz CT molecular complexity index is 218. The van der Waals surface area contributed by atoms with E-state index in [0.29, 0.717) is 6.42 Å². The highest BCUT2D eigenvalue weighted by Crippen LogP contribution is 2.32. The lowest BCUT2D eigenvalue weighted by atomic mass is 10.0. The highest BCUT2D eigenvalue weighted by Gasteiger charge is 2.38. The van der Waals surface area contributed by atoms with Crippen LogP contribution in [0, 0.1) is 11.8 Å². The molecule has 0 heterocycles. The second kappa shape index (κ2) is 3.68. The molecule has 0 aromatic rings. The molecule has 1 aliphatic rings. The predicted octanol–water partition coefficient (Wildman–Crippen LogP) is -0.0819. The first kappa shape index (κ1) is 9.20. The van der Waals surface area contributed by atoms with Crippen LogP contribution < -0.4 is 0 Å². The normalized spacial score (nSPS) is 40.5. The fourth-order valence-electron chi connectivity index (χ4n) is 1.59. The Morgan fingerprint density at radius 3 is 2.33 bits per heavy atom. The Balaban J connectivity index is 2.72. The molecule has 0 radical (unpaired) electrons. The van der Waals surface area contributed by atoms with Crippen molar-refractivity contribution in [3.63, 3.8) is 0 Å². The number of hydrogen-bond donors (Lipinski definition) is 2. The molecule has 4 atom stereocenters. The van der Waals surface area contributed by atoms with E-state index in [1.54, 1.807) is 12.0 Å². The first-order valence-electron chi connectivity index (χ1n) is 3.90. The molecule has 12 heavy (non-hydrogen) atoms. The van der Waals surface area contributed by atoms with Gasteiger partial charge in [-0.25, -0.2) is 4.79 Å². The average molecular weight is 168 g/mol. The molecule has 0 spiro atoms. The van der Waals surface area contributed by atoms with Crippen molar-refractivity contribution in [3.8, 4) is 0 Å². The van der Waals surface area contributed by atoms with Crippen LogP contribution in [-0.4, -0.2) is 28.4 Å². The van der Waals surface area contributed by atoms with E-state index >= 15 is 0 Å². The molecule has 1 aliphatic carbocycles. The Labute approximate surface area is 71.0 Å². The highest BCUT2D eigenvalue weighted by atomic mass is 16.3. The van der Waals surface area contributed by atoms with Gasteiger partial charge in [0.1, 0.15) is 5.94 Å². The minimum atomic E-state index is -0.852. The zero-order chi connectivity index (χ0) is 9.14. The van der Waals surface area contributed by atoms with Crippen LogP contribution in [0.4, 0.5) is 0 Å². The second-order valence-corrected chi connectivity index (χ2v) is 3.06. The fraction of sp³-hybridized carbons (Fsp3) is 0.556. The van der Waals surface area contributed by atoms with Crippen LogP contribution >= 0.6 is 0 Å². The van der Waals surface area contributed by atoms with E-state index in [1.807, 2.05) is 0 Å². The van der Waals surface area contributed by atoms with Crippen molar-refractivity contribution in [2.45, 2.75) is 18.6 Å². The van der Waals surface area contributed by atoms with E-state index in [1.165, 1.54) is 6.08 Å². The SMILES string of the molecule is C=C[C@@H]1C[C@H](C=C=O)[C@@H](O)[C@H]1O. The van der Waals surface area contributed by atoms with Gasteiger partial charge < -0.3 is 10.2 Å². The van der Waals surface area contributed by atoms with Gasteiger partial charge in [0, 0.05) is 17.9 Å². The quantitative estimate of drug-likeness (QED) is 0.448. The monoisotopic (exact) mass is 168 g/mol. The van der Waals surface area contributed by atoms with Crippen LogP contribution in [0.5, 0.6) is 0 Å². The van der Waals surface area contributed by atoms with E-state index in [0.717, 1.165) is 0 Å². The van der Waals surface area contributed by atoms with Crippen LogP contribution in [-0.2, 0) is 4.79 Å². The molecule has 3 nitrogen and oxygen atoms in total. The van der Waals surface area contributed by atoms with Gasteiger partial charge in [0.25, 0.3) is 0 Å². The van der Waals surface area contributed by atoms with Gasteiger partial charge in [0.2, 0.25) is 0 Å². The summed E-state index contributed by atoms with van der Waals surface area (Å²) >= 11 is 0. The van der Waals surface area contributed by atoms with Crippen molar-refractivity contribution in [2.75, 3.05) is 0 Å². The first-order chi connectivity index (χ1) is 5.70. The van der Waals surface area contributed by atoms with Gasteiger partial charge in [-0.15, -0.1) is 6.58 Å². The lowest BCUT2D eigenvalue weighted by molar-refractivity contribution is 0.0186. The molecule has 3 heteroatoms. The maximum absolute atomic E-state index is 10.0. The molecule has 1 fully saturated rings. The molecule has 66 valence electrons. The molecule has 0 unspecified atom stereocenters. The summed E-state index contributed by atoms with van der Waals surface area (Å²) in [5.41, 5.74) is 0. The summed E-state index contributed by atoms with van der Waals surface area (Å²) in [5, 5.41) is 18.8. The van der Waals surface area contributed by atoms with Crippen LogP contribution in [0.15, 0.2) is 18.7 Å². The first-order valence-corrected chi connectivity index (χ1v) is 3.90. The standard InChI is InChI=1S/C9H12O3/c1-2-6-5-7(3-4-10)9(12)8(6)11/h2-3,6-9,11-12H,1,5H2/t6-,7+,8+,9-/m1/s1. The maximum Gasteiger partial charge on any atom is 0.120 e. The third-order valence-corrected chi connectivity index (χ3v) is 2.36. The Hall–Kier alpha value is -0.890. The molecule has 1 saturated carbocycles. The van der Waals surface area contributed by atoms with Gasteiger partial charge in [0.15, 0.2) is 0 Å². The molecule has 0 saturated heterocycles. The van der Waals surface area contributed by atoms with Gasteiger partial charge in [-0.1, -0.05) is 6.08 Å². The summed E-state index contributed by atoms with van der Waals surface area (Å²) in [7, 11) is 0. The number of aliphatic hydroxyl groups is 2. The van der Waals surface area contributed by atoms with Crippen molar-refractivity contribution >= 4 is 5.94 Å². The summed E-state index contributed by atoms with van der Waals surface area (Å²) in [6.45, 7) is 3.54. The largest absolute Gasteiger partial charge is 0.390 e. The van der Waals surface area contributed by atoms with Gasteiger partial charge >= 0.3 is 0 Å². The number of aliphatic hydroxyl groups excluding tert-OH is 2. The Morgan fingerprint density at radius 2 is 1.92 bits per heavy atom. The van der Waals surface area contributed by atoms with E-state index in [-0.39, 0.29) is 11.8 Å². The number of hydrogen-bond acceptors (Lipinski definition) is 3. The van der Waals surface area contributed by atoms with Gasteiger partial charge in [-0.3, -0.25) is 0 Å². The zero-order valence-corrected chi connectivity index (χ0v) is 6.68.